The topological polar surface area (TPSA) is 41.8 Å². The summed E-state index contributed by atoms with van der Waals surface area (Å²) in [7, 11) is 0. The normalized spacial score (nSPS) is 11.3. The van der Waals surface area contributed by atoms with Crippen molar-refractivity contribution < 1.29 is 4.39 Å². The maximum absolute atomic E-state index is 14.3. The van der Waals surface area contributed by atoms with Crippen molar-refractivity contribution in [1.82, 2.24) is 4.98 Å². The van der Waals surface area contributed by atoms with Crippen LogP contribution in [0.5, 0.6) is 0 Å². The van der Waals surface area contributed by atoms with Crippen LogP contribution in [0.25, 0.3) is 22.2 Å². The lowest BCUT2D eigenvalue weighted by Crippen LogP contribution is -1.99. The minimum absolute atomic E-state index is 0.235. The lowest BCUT2D eigenvalue weighted by Gasteiger charge is -2.06. The number of hydrogen-bond acceptors (Lipinski definition) is 1. The average molecular weight is 396 g/mol. The van der Waals surface area contributed by atoms with E-state index in [2.05, 4.69) is 20.9 Å². The second kappa shape index (κ2) is 7.04. The van der Waals surface area contributed by atoms with E-state index >= 15 is 0 Å². The van der Waals surface area contributed by atoms with Gasteiger partial charge in [-0.15, -0.1) is 0 Å². The second-order valence-electron chi connectivity index (χ2n) is 5.51. The Bertz CT molecular complexity index is 844. The van der Waals surface area contributed by atoms with Crippen molar-refractivity contribution in [2.45, 2.75) is 19.3 Å². The van der Waals surface area contributed by atoms with Gasteiger partial charge >= 0.3 is 0 Å². The van der Waals surface area contributed by atoms with Gasteiger partial charge in [0.1, 0.15) is 5.82 Å². The van der Waals surface area contributed by atoms with Gasteiger partial charge < -0.3 is 10.7 Å². The summed E-state index contributed by atoms with van der Waals surface area (Å²) in [6.07, 6.45) is 2.72. The summed E-state index contributed by atoms with van der Waals surface area (Å²) in [5.41, 5.74) is 9.03. The number of aryl methyl sites for hydroxylation is 1. The smallest absolute Gasteiger partial charge is 0.132 e. The third-order valence-electron chi connectivity index (χ3n) is 3.96. The second-order valence-corrected chi connectivity index (χ2v) is 6.81. The summed E-state index contributed by atoms with van der Waals surface area (Å²) in [6, 6.07) is 10.6. The average Bonchev–Trinajstić information content (AvgIpc) is 2.87. The van der Waals surface area contributed by atoms with E-state index in [-0.39, 0.29) is 5.82 Å². The van der Waals surface area contributed by atoms with Crippen LogP contribution >= 0.6 is 27.5 Å². The molecule has 0 atom stereocenters. The zero-order valence-corrected chi connectivity index (χ0v) is 14.8. The van der Waals surface area contributed by atoms with Crippen molar-refractivity contribution >= 4 is 38.4 Å². The first kappa shape index (κ1) is 16.5. The van der Waals surface area contributed by atoms with E-state index in [9.17, 15) is 4.39 Å². The maximum Gasteiger partial charge on any atom is 0.132 e. The molecule has 1 aromatic heterocycles. The van der Waals surface area contributed by atoms with Gasteiger partial charge in [0, 0.05) is 20.4 Å². The molecule has 0 spiro atoms. The first-order chi connectivity index (χ1) is 11.1. The van der Waals surface area contributed by atoms with Crippen LogP contribution in [0, 0.1) is 5.82 Å². The van der Waals surface area contributed by atoms with E-state index in [0.29, 0.717) is 17.1 Å². The van der Waals surface area contributed by atoms with Crippen LogP contribution in [0.2, 0.25) is 5.02 Å². The third kappa shape index (κ3) is 3.30. The highest BCUT2D eigenvalue weighted by Crippen LogP contribution is 2.37. The van der Waals surface area contributed by atoms with E-state index < -0.39 is 0 Å². The number of fused-ring (bicyclic) bond motifs is 1. The van der Waals surface area contributed by atoms with Gasteiger partial charge in [-0.3, -0.25) is 0 Å². The summed E-state index contributed by atoms with van der Waals surface area (Å²) in [6.45, 7) is 0.655. The summed E-state index contributed by atoms with van der Waals surface area (Å²) < 4.78 is 15.2. The SMILES string of the molecule is NCCCCc1c(-c2ccccc2F)[nH]c2c(Br)cc(Cl)cc12. The van der Waals surface area contributed by atoms with Gasteiger partial charge in [-0.05, 0) is 71.6 Å². The first-order valence-electron chi connectivity index (χ1n) is 7.56. The summed E-state index contributed by atoms with van der Waals surface area (Å²) in [5, 5.41) is 1.68. The molecular formula is C18H17BrClFN2. The molecule has 0 amide bonds. The van der Waals surface area contributed by atoms with Gasteiger partial charge in [-0.1, -0.05) is 23.7 Å². The first-order valence-corrected chi connectivity index (χ1v) is 8.73. The molecule has 0 bridgehead atoms. The van der Waals surface area contributed by atoms with Crippen molar-refractivity contribution in [3.05, 3.63) is 57.3 Å². The fraction of sp³-hybridized carbons (Fsp3) is 0.222. The number of halogens is 3. The quantitative estimate of drug-likeness (QED) is 0.537. The summed E-state index contributed by atoms with van der Waals surface area (Å²) in [4.78, 5) is 3.37. The number of nitrogens with one attached hydrogen (secondary N) is 1. The van der Waals surface area contributed by atoms with Crippen molar-refractivity contribution in [2.75, 3.05) is 6.54 Å². The Morgan fingerprint density at radius 2 is 1.96 bits per heavy atom. The number of H-pyrrole nitrogens is 1. The van der Waals surface area contributed by atoms with Crippen LogP contribution in [-0.2, 0) is 6.42 Å². The maximum atomic E-state index is 14.3. The molecule has 2 aromatic carbocycles. The monoisotopic (exact) mass is 394 g/mol. The molecular weight excluding hydrogens is 379 g/mol. The summed E-state index contributed by atoms with van der Waals surface area (Å²) in [5.74, 6) is -0.235. The van der Waals surface area contributed by atoms with Crippen molar-refractivity contribution in [3.8, 4) is 11.3 Å². The van der Waals surface area contributed by atoms with Crippen molar-refractivity contribution in [3.63, 3.8) is 0 Å². The van der Waals surface area contributed by atoms with E-state index in [4.69, 9.17) is 17.3 Å². The lowest BCUT2D eigenvalue weighted by molar-refractivity contribution is 0.630. The Kier molecular flexibility index (Phi) is 5.05. The fourth-order valence-electron chi connectivity index (χ4n) is 2.87. The van der Waals surface area contributed by atoms with Crippen LogP contribution in [0.3, 0.4) is 0 Å². The predicted molar refractivity (Wildman–Crippen MR) is 98.4 cm³/mol. The van der Waals surface area contributed by atoms with E-state index in [0.717, 1.165) is 45.9 Å². The standard InChI is InChI=1S/C18H17BrClFN2/c19-15-10-11(20)9-14-12(5-3-4-8-22)17(23-18(14)15)13-6-1-2-7-16(13)21/h1-2,6-7,9-10,23H,3-5,8,22H2. The predicted octanol–water partition coefficient (Wildman–Crippen LogP) is 5.67. The van der Waals surface area contributed by atoms with Gasteiger partial charge in [0.2, 0.25) is 0 Å². The number of benzene rings is 2. The molecule has 0 aliphatic heterocycles. The zero-order valence-electron chi connectivity index (χ0n) is 12.5. The molecule has 3 aromatic rings. The molecule has 120 valence electrons. The molecule has 0 aliphatic carbocycles. The van der Waals surface area contributed by atoms with Gasteiger partial charge in [0.15, 0.2) is 0 Å². The number of rotatable bonds is 5. The molecule has 3 N–H and O–H groups in total. The minimum Gasteiger partial charge on any atom is -0.353 e. The highest BCUT2D eigenvalue weighted by Gasteiger charge is 2.17. The number of aromatic nitrogens is 1. The molecule has 0 saturated heterocycles. The van der Waals surface area contributed by atoms with Gasteiger partial charge in [0.05, 0.1) is 11.2 Å². The molecule has 0 fully saturated rings. The molecule has 0 radical (unpaired) electrons. The Balaban J connectivity index is 2.21. The number of aromatic amines is 1. The van der Waals surface area contributed by atoms with E-state index in [1.54, 1.807) is 12.1 Å². The van der Waals surface area contributed by atoms with E-state index in [1.165, 1.54) is 6.07 Å². The lowest BCUT2D eigenvalue weighted by atomic mass is 10.00. The van der Waals surface area contributed by atoms with Crippen molar-refractivity contribution in [1.29, 1.82) is 0 Å². The van der Waals surface area contributed by atoms with Crippen LogP contribution < -0.4 is 5.73 Å². The highest BCUT2D eigenvalue weighted by atomic mass is 79.9. The molecule has 5 heteroatoms. The molecule has 23 heavy (non-hydrogen) atoms. The molecule has 0 saturated carbocycles. The Hall–Kier alpha value is -1.36. The van der Waals surface area contributed by atoms with Crippen LogP contribution in [0.1, 0.15) is 18.4 Å². The molecule has 3 rings (SSSR count). The molecule has 2 nitrogen and oxygen atoms in total. The molecule has 1 heterocycles. The highest BCUT2D eigenvalue weighted by molar-refractivity contribution is 9.10. The number of nitrogens with two attached hydrogens (primary N) is 1. The van der Waals surface area contributed by atoms with Crippen LogP contribution in [0.4, 0.5) is 4.39 Å². The van der Waals surface area contributed by atoms with Crippen molar-refractivity contribution in [2.24, 2.45) is 5.73 Å². The molecule has 0 unspecified atom stereocenters. The Morgan fingerprint density at radius 3 is 2.70 bits per heavy atom. The largest absolute Gasteiger partial charge is 0.353 e. The minimum atomic E-state index is -0.235. The van der Waals surface area contributed by atoms with Gasteiger partial charge in [0.25, 0.3) is 0 Å². The number of hydrogen-bond donors (Lipinski definition) is 2. The molecule has 0 aliphatic rings. The number of unbranched alkanes of at least 4 members (excludes halogenated alkanes) is 1. The summed E-state index contributed by atoms with van der Waals surface area (Å²) >= 11 is 9.74. The van der Waals surface area contributed by atoms with Gasteiger partial charge in [-0.2, -0.15) is 0 Å². The van der Waals surface area contributed by atoms with E-state index in [1.807, 2.05) is 18.2 Å². The van der Waals surface area contributed by atoms with Gasteiger partial charge in [-0.25, -0.2) is 4.39 Å². The third-order valence-corrected chi connectivity index (χ3v) is 4.80. The zero-order chi connectivity index (χ0) is 16.4. The Morgan fingerprint density at radius 1 is 1.17 bits per heavy atom. The van der Waals surface area contributed by atoms with Crippen LogP contribution in [-0.4, -0.2) is 11.5 Å². The van der Waals surface area contributed by atoms with Crippen LogP contribution in [0.15, 0.2) is 40.9 Å². The fourth-order valence-corrected chi connectivity index (χ4v) is 3.78. The Labute approximate surface area is 148 Å².